The maximum absolute atomic E-state index is 5.41. The van der Waals surface area contributed by atoms with Crippen LogP contribution in [0.1, 0.15) is 46.0 Å². The molecule has 0 aromatic heterocycles. The van der Waals surface area contributed by atoms with Crippen molar-refractivity contribution < 1.29 is 0 Å². The van der Waals surface area contributed by atoms with E-state index >= 15 is 0 Å². The van der Waals surface area contributed by atoms with E-state index in [0.29, 0.717) is 0 Å². The van der Waals surface area contributed by atoms with Crippen molar-refractivity contribution >= 4 is 0 Å². The van der Waals surface area contributed by atoms with Crippen molar-refractivity contribution in [2.75, 3.05) is 13.1 Å². The van der Waals surface area contributed by atoms with Crippen molar-refractivity contribution in [3.8, 4) is 0 Å². The average Bonchev–Trinajstić information content (AvgIpc) is 2.15. The Kier molecular flexibility index (Phi) is 10.2. The number of hydrogen-bond acceptors (Lipinski definition) is 2. The SMILES string of the molecule is CC(C)CN/C=C/CCCCCCN. The molecule has 0 saturated heterocycles. The summed E-state index contributed by atoms with van der Waals surface area (Å²) in [4.78, 5) is 0. The molecule has 84 valence electrons. The number of allylic oxidation sites excluding steroid dienone is 1. The molecule has 0 amide bonds. The number of rotatable bonds is 9. The van der Waals surface area contributed by atoms with Crippen LogP contribution in [0.15, 0.2) is 12.3 Å². The predicted octanol–water partition coefficient (Wildman–Crippen LogP) is 2.65. The highest BCUT2D eigenvalue weighted by molar-refractivity contribution is 4.79. The topological polar surface area (TPSA) is 38.0 Å². The molecule has 0 saturated carbocycles. The number of nitrogens with one attached hydrogen (secondary N) is 1. The summed E-state index contributed by atoms with van der Waals surface area (Å²) in [6.45, 7) is 6.34. The van der Waals surface area contributed by atoms with Gasteiger partial charge in [0.15, 0.2) is 0 Å². The van der Waals surface area contributed by atoms with Gasteiger partial charge in [-0.3, -0.25) is 0 Å². The van der Waals surface area contributed by atoms with Crippen LogP contribution in [0.2, 0.25) is 0 Å². The van der Waals surface area contributed by atoms with E-state index < -0.39 is 0 Å². The molecule has 0 aromatic carbocycles. The standard InChI is InChI=1S/C12H26N2/c1-12(2)11-14-10-8-6-4-3-5-7-9-13/h8,10,12,14H,3-7,9,11,13H2,1-2H3/b10-8+. The second-order valence-electron chi connectivity index (χ2n) is 4.20. The quantitative estimate of drug-likeness (QED) is 0.559. The van der Waals surface area contributed by atoms with E-state index in [1.807, 2.05) is 0 Å². The molecule has 2 nitrogen and oxygen atoms in total. The van der Waals surface area contributed by atoms with E-state index in [1.165, 1.54) is 32.1 Å². The minimum absolute atomic E-state index is 0.726. The van der Waals surface area contributed by atoms with Crippen LogP contribution in [0.5, 0.6) is 0 Å². The van der Waals surface area contributed by atoms with Crippen molar-refractivity contribution in [1.29, 1.82) is 0 Å². The van der Waals surface area contributed by atoms with Gasteiger partial charge >= 0.3 is 0 Å². The van der Waals surface area contributed by atoms with Gasteiger partial charge in [0.2, 0.25) is 0 Å². The first kappa shape index (κ1) is 13.5. The molecule has 0 unspecified atom stereocenters. The van der Waals surface area contributed by atoms with Gasteiger partial charge in [0.25, 0.3) is 0 Å². The van der Waals surface area contributed by atoms with E-state index in [4.69, 9.17) is 5.73 Å². The molecule has 2 heteroatoms. The largest absolute Gasteiger partial charge is 0.391 e. The zero-order valence-corrected chi connectivity index (χ0v) is 9.76. The Morgan fingerprint density at radius 1 is 1.14 bits per heavy atom. The lowest BCUT2D eigenvalue weighted by Crippen LogP contribution is -2.12. The first-order chi connectivity index (χ1) is 6.77. The smallest absolute Gasteiger partial charge is 0.0164 e. The summed E-state index contributed by atoms with van der Waals surface area (Å²) in [5.74, 6) is 0.726. The highest BCUT2D eigenvalue weighted by Crippen LogP contribution is 2.02. The van der Waals surface area contributed by atoms with E-state index in [2.05, 4.69) is 31.4 Å². The van der Waals surface area contributed by atoms with Gasteiger partial charge in [-0.15, -0.1) is 0 Å². The molecule has 0 aliphatic heterocycles. The van der Waals surface area contributed by atoms with E-state index in [-0.39, 0.29) is 0 Å². The predicted molar refractivity (Wildman–Crippen MR) is 64.1 cm³/mol. The molecule has 0 aliphatic carbocycles. The first-order valence-corrected chi connectivity index (χ1v) is 5.86. The zero-order chi connectivity index (χ0) is 10.6. The van der Waals surface area contributed by atoms with Crippen molar-refractivity contribution in [2.45, 2.75) is 46.0 Å². The van der Waals surface area contributed by atoms with Gasteiger partial charge in [0.05, 0.1) is 0 Å². The molecule has 14 heavy (non-hydrogen) atoms. The van der Waals surface area contributed by atoms with Crippen LogP contribution in [-0.2, 0) is 0 Å². The van der Waals surface area contributed by atoms with Gasteiger partial charge < -0.3 is 11.1 Å². The summed E-state index contributed by atoms with van der Waals surface area (Å²) in [6.07, 6.45) is 10.6. The Labute approximate surface area is 89.0 Å². The molecule has 0 aromatic rings. The van der Waals surface area contributed by atoms with Gasteiger partial charge in [0, 0.05) is 6.54 Å². The minimum atomic E-state index is 0.726. The van der Waals surface area contributed by atoms with Crippen LogP contribution < -0.4 is 11.1 Å². The molecule has 3 N–H and O–H groups in total. The summed E-state index contributed by atoms with van der Waals surface area (Å²) in [5, 5.41) is 3.29. The fraction of sp³-hybridized carbons (Fsp3) is 0.833. The zero-order valence-electron chi connectivity index (χ0n) is 9.76. The lowest BCUT2D eigenvalue weighted by Gasteiger charge is -2.02. The highest BCUT2D eigenvalue weighted by Gasteiger charge is 1.88. The van der Waals surface area contributed by atoms with Crippen molar-refractivity contribution in [3.05, 3.63) is 12.3 Å². The maximum Gasteiger partial charge on any atom is 0.0164 e. The number of nitrogens with two attached hydrogens (primary N) is 1. The monoisotopic (exact) mass is 198 g/mol. The van der Waals surface area contributed by atoms with Crippen molar-refractivity contribution in [3.63, 3.8) is 0 Å². The second-order valence-corrected chi connectivity index (χ2v) is 4.20. The summed E-state index contributed by atoms with van der Waals surface area (Å²) in [7, 11) is 0. The van der Waals surface area contributed by atoms with Crippen molar-refractivity contribution in [2.24, 2.45) is 11.7 Å². The van der Waals surface area contributed by atoms with Crippen LogP contribution in [-0.4, -0.2) is 13.1 Å². The van der Waals surface area contributed by atoms with Gasteiger partial charge in [-0.25, -0.2) is 0 Å². The third-order valence-electron chi connectivity index (χ3n) is 2.09. The molecule has 0 heterocycles. The fourth-order valence-electron chi connectivity index (χ4n) is 1.23. The van der Waals surface area contributed by atoms with Crippen molar-refractivity contribution in [1.82, 2.24) is 5.32 Å². The number of hydrogen-bond donors (Lipinski definition) is 2. The Hall–Kier alpha value is -0.500. The third-order valence-corrected chi connectivity index (χ3v) is 2.09. The minimum Gasteiger partial charge on any atom is -0.391 e. The lowest BCUT2D eigenvalue weighted by molar-refractivity contribution is 0.608. The second kappa shape index (κ2) is 10.6. The van der Waals surface area contributed by atoms with Crippen LogP contribution in [0.3, 0.4) is 0 Å². The third kappa shape index (κ3) is 11.5. The van der Waals surface area contributed by atoms with Crippen LogP contribution >= 0.6 is 0 Å². The van der Waals surface area contributed by atoms with Gasteiger partial charge in [0.1, 0.15) is 0 Å². The molecule has 0 aliphatic rings. The van der Waals surface area contributed by atoms with E-state index in [1.54, 1.807) is 0 Å². The fourth-order valence-corrected chi connectivity index (χ4v) is 1.23. The summed E-state index contributed by atoms with van der Waals surface area (Å²) in [5.41, 5.74) is 5.41. The van der Waals surface area contributed by atoms with Gasteiger partial charge in [-0.2, -0.15) is 0 Å². The number of unbranched alkanes of at least 4 members (excludes halogenated alkanes) is 4. The first-order valence-electron chi connectivity index (χ1n) is 5.86. The molecule has 0 rings (SSSR count). The van der Waals surface area contributed by atoms with Crippen LogP contribution in [0.4, 0.5) is 0 Å². The Morgan fingerprint density at radius 3 is 2.50 bits per heavy atom. The van der Waals surface area contributed by atoms with Gasteiger partial charge in [-0.05, 0) is 37.9 Å². The molecular weight excluding hydrogens is 172 g/mol. The molecule has 0 fully saturated rings. The maximum atomic E-state index is 5.41. The van der Waals surface area contributed by atoms with Gasteiger partial charge in [-0.1, -0.05) is 32.8 Å². The molecule has 0 atom stereocenters. The van der Waals surface area contributed by atoms with Crippen LogP contribution in [0.25, 0.3) is 0 Å². The summed E-state index contributed by atoms with van der Waals surface area (Å²) >= 11 is 0. The Morgan fingerprint density at radius 2 is 1.86 bits per heavy atom. The normalized spacial score (nSPS) is 11.4. The average molecular weight is 198 g/mol. The Bertz CT molecular complexity index is 130. The lowest BCUT2D eigenvalue weighted by atomic mass is 10.1. The molecule has 0 radical (unpaired) electrons. The highest BCUT2D eigenvalue weighted by atomic mass is 14.8. The van der Waals surface area contributed by atoms with E-state index in [0.717, 1.165) is 19.0 Å². The molecule has 0 bridgehead atoms. The van der Waals surface area contributed by atoms with Crippen LogP contribution in [0, 0.1) is 5.92 Å². The summed E-state index contributed by atoms with van der Waals surface area (Å²) in [6, 6.07) is 0. The molecular formula is C12H26N2. The summed E-state index contributed by atoms with van der Waals surface area (Å²) < 4.78 is 0. The molecule has 0 spiro atoms. The van der Waals surface area contributed by atoms with E-state index in [9.17, 15) is 0 Å². The Balaban J connectivity index is 3.03.